The fourth-order valence-corrected chi connectivity index (χ4v) is 4.91. The van der Waals surface area contributed by atoms with Crippen LogP contribution in [-0.4, -0.2) is 12.3 Å². The van der Waals surface area contributed by atoms with Crippen molar-refractivity contribution >= 4 is 0 Å². The number of hydrogen-bond acceptors (Lipinski definition) is 0. The van der Waals surface area contributed by atoms with Crippen LogP contribution in [0.4, 0.5) is 8.78 Å². The van der Waals surface area contributed by atoms with Crippen molar-refractivity contribution in [3.05, 3.63) is 24.5 Å². The fourth-order valence-electron chi connectivity index (χ4n) is 4.91. The maximum Gasteiger partial charge on any atom is 0.131 e. The highest BCUT2D eigenvalue weighted by molar-refractivity contribution is 5.09. The molecule has 3 fully saturated rings. The summed E-state index contributed by atoms with van der Waals surface area (Å²) in [4.78, 5) is 0. The molecule has 3 aliphatic rings. The molecular weight excluding hydrogens is 278 g/mol. The zero-order valence-corrected chi connectivity index (χ0v) is 13.7. The Kier molecular flexibility index (Phi) is 5.57. The lowest BCUT2D eigenvalue weighted by molar-refractivity contribution is 0.0875. The Balaban J connectivity index is 1.44. The zero-order valence-electron chi connectivity index (χ0n) is 13.7. The summed E-state index contributed by atoms with van der Waals surface area (Å²) in [7, 11) is 0. The predicted molar refractivity (Wildman–Crippen MR) is 87.7 cm³/mol. The van der Waals surface area contributed by atoms with E-state index in [-0.39, 0.29) is 0 Å². The minimum absolute atomic E-state index is 0.365. The van der Waals surface area contributed by atoms with Crippen molar-refractivity contribution in [1.29, 1.82) is 0 Å². The molecule has 124 valence electrons. The molecule has 3 atom stereocenters. The molecule has 3 aliphatic carbocycles. The highest BCUT2D eigenvalue weighted by Crippen LogP contribution is 2.47. The molecule has 0 nitrogen and oxygen atoms in total. The Morgan fingerprint density at radius 1 is 0.727 bits per heavy atom. The van der Waals surface area contributed by atoms with Gasteiger partial charge in [0.25, 0.3) is 0 Å². The molecule has 2 radical (unpaired) electrons. The largest absolute Gasteiger partial charge is 0.244 e. The van der Waals surface area contributed by atoms with Crippen molar-refractivity contribution in [3.8, 4) is 0 Å². The average molecular weight is 308 g/mol. The second kappa shape index (κ2) is 7.45. The summed E-state index contributed by atoms with van der Waals surface area (Å²) >= 11 is 0. The van der Waals surface area contributed by atoms with Crippen molar-refractivity contribution in [1.82, 2.24) is 0 Å². The van der Waals surface area contributed by atoms with E-state index in [0.717, 1.165) is 31.1 Å². The van der Waals surface area contributed by atoms with Crippen LogP contribution in [0.5, 0.6) is 0 Å². The van der Waals surface area contributed by atoms with E-state index in [0.29, 0.717) is 18.8 Å². The van der Waals surface area contributed by atoms with Crippen LogP contribution in [0.15, 0.2) is 12.7 Å². The number of halogens is 2. The molecule has 2 heteroatoms. The van der Waals surface area contributed by atoms with E-state index in [1.165, 1.54) is 38.5 Å². The third-order valence-corrected chi connectivity index (χ3v) is 6.48. The van der Waals surface area contributed by atoms with Crippen LogP contribution < -0.4 is 0 Å². The Bertz CT molecular complexity index is 351. The summed E-state index contributed by atoms with van der Waals surface area (Å²) in [6.07, 6.45) is 11.4. The van der Waals surface area contributed by atoms with Crippen molar-refractivity contribution < 1.29 is 8.78 Å². The van der Waals surface area contributed by atoms with Crippen LogP contribution in [0.1, 0.15) is 70.6 Å². The van der Waals surface area contributed by atoms with Gasteiger partial charge >= 0.3 is 0 Å². The van der Waals surface area contributed by atoms with E-state index in [2.05, 4.69) is 12.7 Å². The lowest BCUT2D eigenvalue weighted by atomic mass is 9.65. The summed E-state index contributed by atoms with van der Waals surface area (Å²) in [6, 6.07) is 0. The molecule has 0 aliphatic heterocycles. The molecule has 0 aromatic rings. The minimum atomic E-state index is -1.22. The zero-order chi connectivity index (χ0) is 15.5. The molecule has 0 aromatic carbocycles. The normalized spacial score (nSPS) is 37.3. The summed E-state index contributed by atoms with van der Waals surface area (Å²) < 4.78 is 26.9. The van der Waals surface area contributed by atoms with Gasteiger partial charge in [0.05, 0.1) is 0 Å². The van der Waals surface area contributed by atoms with Crippen LogP contribution >= 0.6 is 0 Å². The highest BCUT2D eigenvalue weighted by Gasteiger charge is 2.38. The molecule has 0 N–H and O–H groups in total. The first-order valence-corrected chi connectivity index (χ1v) is 9.27. The minimum Gasteiger partial charge on any atom is -0.244 e. The lowest BCUT2D eigenvalue weighted by Gasteiger charge is -2.40. The Hall–Kier alpha value is -0.400. The second-order valence-corrected chi connectivity index (χ2v) is 7.71. The van der Waals surface area contributed by atoms with E-state index in [1.807, 2.05) is 0 Å². The topological polar surface area (TPSA) is 0 Å². The Labute approximate surface area is 134 Å². The average Bonchev–Trinajstić information content (AvgIpc) is 2.58. The number of rotatable bonds is 3. The summed E-state index contributed by atoms with van der Waals surface area (Å²) in [5, 5.41) is 0. The van der Waals surface area contributed by atoms with Gasteiger partial charge in [-0.3, -0.25) is 0 Å². The van der Waals surface area contributed by atoms with Gasteiger partial charge in [0.15, 0.2) is 0 Å². The standard InChI is InChI=1S/C20H30F2/c1-2-14-3-5-15(6-4-14)16-7-9-17(10-8-16)18-11-12-19(21)20(22)13-18/h2,14,16,18-20H,1,3-13H2. The van der Waals surface area contributed by atoms with Gasteiger partial charge in [-0.05, 0) is 100 Å². The SMILES string of the molecule is C=CC1CC[C](C2CC[C](C3CCC(F)C(F)C3)CC2)CC1. The summed E-state index contributed by atoms with van der Waals surface area (Å²) in [6.45, 7) is 3.93. The number of allylic oxidation sites excluding steroid dienone is 1. The second-order valence-electron chi connectivity index (χ2n) is 7.71. The first kappa shape index (κ1) is 16.5. The molecule has 3 saturated carbocycles. The van der Waals surface area contributed by atoms with Gasteiger partial charge in [-0.15, -0.1) is 6.58 Å². The monoisotopic (exact) mass is 308 g/mol. The molecule has 0 aromatic heterocycles. The van der Waals surface area contributed by atoms with Gasteiger partial charge in [0.1, 0.15) is 12.3 Å². The first-order chi connectivity index (χ1) is 10.7. The molecule has 0 heterocycles. The fraction of sp³-hybridized carbons (Fsp3) is 0.800. The molecule has 3 rings (SSSR count). The third-order valence-electron chi connectivity index (χ3n) is 6.48. The molecule has 0 bridgehead atoms. The van der Waals surface area contributed by atoms with E-state index in [9.17, 15) is 8.78 Å². The van der Waals surface area contributed by atoms with Crippen LogP contribution in [0, 0.1) is 29.6 Å². The molecule has 3 unspecified atom stereocenters. The Morgan fingerprint density at radius 2 is 1.32 bits per heavy atom. The van der Waals surface area contributed by atoms with Gasteiger partial charge in [-0.2, -0.15) is 0 Å². The van der Waals surface area contributed by atoms with Gasteiger partial charge in [-0.25, -0.2) is 8.78 Å². The highest BCUT2D eigenvalue weighted by atomic mass is 19.2. The maximum atomic E-state index is 13.6. The number of alkyl halides is 2. The quantitative estimate of drug-likeness (QED) is 0.546. The van der Waals surface area contributed by atoms with Crippen LogP contribution in [0.25, 0.3) is 0 Å². The molecule has 0 spiro atoms. The van der Waals surface area contributed by atoms with Gasteiger partial charge in [-0.1, -0.05) is 6.08 Å². The first-order valence-electron chi connectivity index (χ1n) is 9.27. The summed E-state index contributed by atoms with van der Waals surface area (Å²) in [5.74, 6) is 5.23. The molecule has 22 heavy (non-hydrogen) atoms. The summed E-state index contributed by atoms with van der Waals surface area (Å²) in [5.41, 5.74) is 0. The van der Waals surface area contributed by atoms with E-state index >= 15 is 0 Å². The van der Waals surface area contributed by atoms with E-state index in [1.54, 1.807) is 11.8 Å². The van der Waals surface area contributed by atoms with Crippen LogP contribution in [0.2, 0.25) is 0 Å². The maximum absolute atomic E-state index is 13.6. The van der Waals surface area contributed by atoms with Crippen molar-refractivity contribution in [2.24, 2.45) is 17.8 Å². The van der Waals surface area contributed by atoms with Gasteiger partial charge < -0.3 is 0 Å². The molecular formula is C20H30F2. The molecule has 0 saturated heterocycles. The Morgan fingerprint density at radius 3 is 1.91 bits per heavy atom. The third kappa shape index (κ3) is 3.74. The van der Waals surface area contributed by atoms with Crippen LogP contribution in [0.3, 0.4) is 0 Å². The molecule has 0 amide bonds. The lowest BCUT2D eigenvalue weighted by Crippen LogP contribution is -2.32. The van der Waals surface area contributed by atoms with Gasteiger partial charge in [0, 0.05) is 0 Å². The van der Waals surface area contributed by atoms with E-state index in [4.69, 9.17) is 0 Å². The van der Waals surface area contributed by atoms with Crippen molar-refractivity contribution in [3.63, 3.8) is 0 Å². The van der Waals surface area contributed by atoms with Gasteiger partial charge in [0.2, 0.25) is 0 Å². The van der Waals surface area contributed by atoms with Crippen molar-refractivity contribution in [2.45, 2.75) is 83.0 Å². The van der Waals surface area contributed by atoms with Crippen LogP contribution in [-0.2, 0) is 0 Å². The van der Waals surface area contributed by atoms with E-state index < -0.39 is 12.3 Å². The predicted octanol–water partition coefficient (Wildman–Crippen LogP) is 6.18. The van der Waals surface area contributed by atoms with Crippen molar-refractivity contribution in [2.75, 3.05) is 0 Å². The smallest absolute Gasteiger partial charge is 0.131 e. The number of hydrogen-bond donors (Lipinski definition) is 0.